The van der Waals surface area contributed by atoms with E-state index in [1.54, 1.807) is 13.1 Å². The molecule has 0 aliphatic heterocycles. The van der Waals surface area contributed by atoms with Gasteiger partial charge in [0.25, 0.3) is 5.89 Å². The molecule has 0 bridgehead atoms. The summed E-state index contributed by atoms with van der Waals surface area (Å²) < 4.78 is 5.23. The normalized spacial score (nSPS) is 11.0. The van der Waals surface area contributed by atoms with Crippen LogP contribution in [0.2, 0.25) is 0 Å². The van der Waals surface area contributed by atoms with Crippen LogP contribution in [0.15, 0.2) is 22.9 Å². The van der Waals surface area contributed by atoms with Crippen molar-refractivity contribution in [2.45, 2.75) is 6.92 Å². The Morgan fingerprint density at radius 1 is 1.21 bits per heavy atom. The van der Waals surface area contributed by atoms with Crippen LogP contribution in [0.3, 0.4) is 0 Å². The lowest BCUT2D eigenvalue weighted by Crippen LogP contribution is -2.29. The summed E-state index contributed by atoms with van der Waals surface area (Å²) in [6, 6.07) is 3.82. The number of nitrogens with zero attached hydrogens (tertiary/aromatic N) is 5. The van der Waals surface area contributed by atoms with Crippen molar-refractivity contribution in [3.05, 3.63) is 24.2 Å². The van der Waals surface area contributed by atoms with E-state index in [4.69, 9.17) is 4.52 Å². The lowest BCUT2D eigenvalue weighted by molar-refractivity contribution is 0.415. The molecule has 0 saturated heterocycles. The van der Waals surface area contributed by atoms with Gasteiger partial charge in [-0.3, -0.25) is 0 Å². The van der Waals surface area contributed by atoms with E-state index in [-0.39, 0.29) is 0 Å². The van der Waals surface area contributed by atoms with Crippen LogP contribution < -0.4 is 4.90 Å². The van der Waals surface area contributed by atoms with Crippen LogP contribution in [-0.2, 0) is 0 Å². The largest absolute Gasteiger partial charge is 0.358 e. The van der Waals surface area contributed by atoms with Crippen molar-refractivity contribution >= 4 is 5.82 Å². The van der Waals surface area contributed by atoms with Crippen molar-refractivity contribution in [1.29, 1.82) is 0 Å². The van der Waals surface area contributed by atoms with Gasteiger partial charge in [0.05, 0.1) is 5.56 Å². The van der Waals surface area contributed by atoms with Crippen molar-refractivity contribution in [2.75, 3.05) is 39.1 Å². The van der Waals surface area contributed by atoms with Gasteiger partial charge in [-0.2, -0.15) is 4.98 Å². The highest BCUT2D eigenvalue weighted by Gasteiger charge is 2.15. The minimum atomic E-state index is 0.511. The molecule has 0 spiro atoms. The summed E-state index contributed by atoms with van der Waals surface area (Å²) in [6.45, 7) is 3.64. The lowest BCUT2D eigenvalue weighted by Gasteiger charge is -2.21. The molecule has 0 aromatic carbocycles. The zero-order valence-electron chi connectivity index (χ0n) is 11.8. The Balaban J connectivity index is 2.25. The maximum Gasteiger partial charge on any atom is 0.261 e. The van der Waals surface area contributed by atoms with E-state index in [2.05, 4.69) is 39.0 Å². The molecule has 2 rings (SSSR count). The van der Waals surface area contributed by atoms with Crippen molar-refractivity contribution in [1.82, 2.24) is 20.0 Å². The molecule has 0 atom stereocenters. The highest BCUT2D eigenvalue weighted by Crippen LogP contribution is 2.26. The topological polar surface area (TPSA) is 58.3 Å². The second kappa shape index (κ2) is 5.79. The Labute approximate surface area is 113 Å². The van der Waals surface area contributed by atoms with E-state index >= 15 is 0 Å². The predicted molar refractivity (Wildman–Crippen MR) is 74.1 cm³/mol. The van der Waals surface area contributed by atoms with Crippen LogP contribution in [0.5, 0.6) is 0 Å². The molecule has 0 aliphatic carbocycles. The van der Waals surface area contributed by atoms with Crippen molar-refractivity contribution in [2.24, 2.45) is 0 Å². The first kappa shape index (κ1) is 13.5. The molecule has 0 fully saturated rings. The van der Waals surface area contributed by atoms with Gasteiger partial charge in [0.15, 0.2) is 5.82 Å². The van der Waals surface area contributed by atoms with Gasteiger partial charge in [0.2, 0.25) is 0 Å². The number of aromatic nitrogens is 3. The number of rotatable bonds is 5. The molecule has 0 amide bonds. The van der Waals surface area contributed by atoms with Crippen LogP contribution in [0.25, 0.3) is 11.5 Å². The van der Waals surface area contributed by atoms with Crippen molar-refractivity contribution in [3.63, 3.8) is 0 Å². The standard InChI is InChI=1S/C13H19N5O/c1-10-15-13(19-16-10)11-6-5-7-14-12(11)18(4)9-8-17(2)3/h5-7H,8-9H2,1-4H3. The minimum absolute atomic E-state index is 0.511. The van der Waals surface area contributed by atoms with Gasteiger partial charge in [0, 0.05) is 26.3 Å². The van der Waals surface area contributed by atoms with Crippen molar-refractivity contribution in [3.8, 4) is 11.5 Å². The Kier molecular flexibility index (Phi) is 4.11. The van der Waals surface area contributed by atoms with Crippen LogP contribution in [0.1, 0.15) is 5.82 Å². The van der Waals surface area contributed by atoms with Crippen LogP contribution in [-0.4, -0.2) is 54.3 Å². The molecular weight excluding hydrogens is 242 g/mol. The maximum absolute atomic E-state index is 5.23. The Morgan fingerprint density at radius 2 is 2.00 bits per heavy atom. The third-order valence-electron chi connectivity index (χ3n) is 2.79. The molecule has 2 aromatic rings. The summed E-state index contributed by atoms with van der Waals surface area (Å²) in [5.74, 6) is 1.99. The molecule has 0 aliphatic rings. The second-order valence-electron chi connectivity index (χ2n) is 4.75. The molecule has 19 heavy (non-hydrogen) atoms. The zero-order valence-corrected chi connectivity index (χ0v) is 11.8. The van der Waals surface area contributed by atoms with E-state index in [9.17, 15) is 0 Å². The Morgan fingerprint density at radius 3 is 2.63 bits per heavy atom. The number of pyridine rings is 1. The molecule has 6 nitrogen and oxygen atoms in total. The summed E-state index contributed by atoms with van der Waals surface area (Å²) in [4.78, 5) is 12.9. The van der Waals surface area contributed by atoms with Gasteiger partial charge in [-0.05, 0) is 33.2 Å². The summed E-state index contributed by atoms with van der Waals surface area (Å²) in [6.07, 6.45) is 1.77. The SMILES string of the molecule is Cc1noc(-c2cccnc2N(C)CCN(C)C)n1. The molecule has 0 unspecified atom stereocenters. The van der Waals surface area contributed by atoms with Crippen molar-refractivity contribution < 1.29 is 4.52 Å². The van der Waals surface area contributed by atoms with E-state index < -0.39 is 0 Å². The van der Waals surface area contributed by atoms with E-state index in [0.29, 0.717) is 11.7 Å². The fourth-order valence-corrected chi connectivity index (χ4v) is 1.73. The molecule has 2 heterocycles. The first-order valence-corrected chi connectivity index (χ1v) is 6.19. The number of likely N-dealkylation sites (N-methyl/N-ethyl adjacent to an activating group) is 2. The quantitative estimate of drug-likeness (QED) is 0.811. The number of aryl methyl sites for hydroxylation is 1. The molecule has 0 N–H and O–H groups in total. The highest BCUT2D eigenvalue weighted by atomic mass is 16.5. The highest BCUT2D eigenvalue weighted by molar-refractivity contribution is 5.69. The molecule has 0 radical (unpaired) electrons. The first-order valence-electron chi connectivity index (χ1n) is 6.19. The minimum Gasteiger partial charge on any atom is -0.358 e. The zero-order chi connectivity index (χ0) is 13.8. The van der Waals surface area contributed by atoms with Gasteiger partial charge in [0.1, 0.15) is 5.82 Å². The number of hydrogen-bond donors (Lipinski definition) is 0. The fourth-order valence-electron chi connectivity index (χ4n) is 1.73. The van der Waals surface area contributed by atoms with Gasteiger partial charge in [-0.15, -0.1) is 0 Å². The maximum atomic E-state index is 5.23. The predicted octanol–water partition coefficient (Wildman–Crippen LogP) is 1.44. The smallest absolute Gasteiger partial charge is 0.261 e. The monoisotopic (exact) mass is 261 g/mol. The summed E-state index contributed by atoms with van der Waals surface area (Å²) in [5, 5.41) is 3.83. The van der Waals surface area contributed by atoms with Gasteiger partial charge in [-0.1, -0.05) is 5.16 Å². The van der Waals surface area contributed by atoms with E-state index in [0.717, 1.165) is 24.5 Å². The summed E-state index contributed by atoms with van der Waals surface area (Å²) in [5.41, 5.74) is 0.865. The van der Waals surface area contributed by atoms with Crippen LogP contribution >= 0.6 is 0 Å². The lowest BCUT2D eigenvalue weighted by atomic mass is 10.2. The fraction of sp³-hybridized carbons (Fsp3) is 0.462. The number of hydrogen-bond acceptors (Lipinski definition) is 6. The van der Waals surface area contributed by atoms with Gasteiger partial charge in [-0.25, -0.2) is 4.98 Å². The average molecular weight is 261 g/mol. The third-order valence-corrected chi connectivity index (χ3v) is 2.79. The van der Waals surface area contributed by atoms with Crippen LogP contribution in [0, 0.1) is 6.92 Å². The number of anilines is 1. The van der Waals surface area contributed by atoms with E-state index in [1.807, 2.05) is 19.2 Å². The second-order valence-corrected chi connectivity index (χ2v) is 4.75. The molecule has 6 heteroatoms. The third kappa shape index (κ3) is 3.29. The molecular formula is C13H19N5O. The van der Waals surface area contributed by atoms with Gasteiger partial charge < -0.3 is 14.3 Å². The molecule has 0 saturated carbocycles. The Hall–Kier alpha value is -1.95. The molecule has 102 valence electrons. The van der Waals surface area contributed by atoms with E-state index in [1.165, 1.54) is 0 Å². The van der Waals surface area contributed by atoms with Crippen LogP contribution in [0.4, 0.5) is 5.82 Å². The first-order chi connectivity index (χ1) is 9.08. The summed E-state index contributed by atoms with van der Waals surface area (Å²) >= 11 is 0. The summed E-state index contributed by atoms with van der Waals surface area (Å²) in [7, 11) is 6.11. The Bertz CT molecular complexity index is 537. The van der Waals surface area contributed by atoms with Gasteiger partial charge >= 0.3 is 0 Å². The molecule has 2 aromatic heterocycles. The average Bonchev–Trinajstić information content (AvgIpc) is 2.82.